The molecule has 16 heavy (non-hydrogen) atoms. The summed E-state index contributed by atoms with van der Waals surface area (Å²) in [6.07, 6.45) is 2.97. The number of ketones is 1. The molecule has 2 rings (SSSR count). The second-order valence-corrected chi connectivity index (χ2v) is 3.61. The fourth-order valence-electron chi connectivity index (χ4n) is 1.56. The molecule has 2 heteroatoms. The minimum atomic E-state index is 0.172. The van der Waals surface area contributed by atoms with Crippen LogP contribution in [0.3, 0.4) is 0 Å². The molecule has 0 saturated heterocycles. The summed E-state index contributed by atoms with van der Waals surface area (Å²) >= 11 is 0. The Hall–Kier alpha value is -1.96. The van der Waals surface area contributed by atoms with Crippen molar-refractivity contribution in [1.29, 1.82) is 0 Å². The normalized spacial score (nSPS) is 10.0. The first-order valence-electron chi connectivity index (χ1n) is 5.34. The summed E-state index contributed by atoms with van der Waals surface area (Å²) in [6.45, 7) is 0. The van der Waals surface area contributed by atoms with Crippen molar-refractivity contribution in [2.24, 2.45) is 0 Å². The second kappa shape index (κ2) is 5.21. The molecular formula is C14H13NO. The molecule has 0 spiro atoms. The maximum absolute atomic E-state index is 11.8. The van der Waals surface area contributed by atoms with Gasteiger partial charge in [-0.15, -0.1) is 0 Å². The molecule has 0 aliphatic heterocycles. The van der Waals surface area contributed by atoms with Crippen LogP contribution in [-0.2, 0) is 6.42 Å². The molecular weight excluding hydrogens is 198 g/mol. The number of benzene rings is 1. The van der Waals surface area contributed by atoms with Gasteiger partial charge in [-0.25, -0.2) is 0 Å². The molecule has 0 N–H and O–H groups in total. The number of hydrogen-bond acceptors (Lipinski definition) is 2. The monoisotopic (exact) mass is 211 g/mol. The van der Waals surface area contributed by atoms with Crippen molar-refractivity contribution in [2.45, 2.75) is 12.8 Å². The van der Waals surface area contributed by atoms with Gasteiger partial charge in [0.1, 0.15) is 0 Å². The first-order valence-corrected chi connectivity index (χ1v) is 5.34. The Morgan fingerprint density at radius 3 is 2.44 bits per heavy atom. The molecule has 0 unspecified atom stereocenters. The van der Waals surface area contributed by atoms with Crippen LogP contribution >= 0.6 is 0 Å². The van der Waals surface area contributed by atoms with E-state index in [9.17, 15) is 4.79 Å². The van der Waals surface area contributed by atoms with Crippen molar-refractivity contribution < 1.29 is 4.79 Å². The van der Waals surface area contributed by atoms with E-state index in [1.54, 1.807) is 6.20 Å². The third-order valence-electron chi connectivity index (χ3n) is 2.43. The molecule has 0 amide bonds. The molecule has 1 aromatic heterocycles. The van der Waals surface area contributed by atoms with E-state index in [0.29, 0.717) is 12.8 Å². The van der Waals surface area contributed by atoms with Crippen molar-refractivity contribution in [3.63, 3.8) is 0 Å². The lowest BCUT2D eigenvalue weighted by Gasteiger charge is -2.00. The molecule has 2 nitrogen and oxygen atoms in total. The molecule has 0 saturated carbocycles. The van der Waals surface area contributed by atoms with Gasteiger partial charge in [0, 0.05) is 23.9 Å². The van der Waals surface area contributed by atoms with Crippen LogP contribution in [0.15, 0.2) is 54.7 Å². The van der Waals surface area contributed by atoms with Crippen LogP contribution in [0.25, 0.3) is 0 Å². The van der Waals surface area contributed by atoms with Crippen LogP contribution in [0.5, 0.6) is 0 Å². The SMILES string of the molecule is O=C(CCc1ccccn1)c1ccccc1. The molecule has 0 bridgehead atoms. The highest BCUT2D eigenvalue weighted by Crippen LogP contribution is 2.06. The first kappa shape index (κ1) is 10.6. The summed E-state index contributed by atoms with van der Waals surface area (Å²) in [5.74, 6) is 0.172. The lowest BCUT2D eigenvalue weighted by Crippen LogP contribution is -2.01. The minimum absolute atomic E-state index is 0.172. The number of hydrogen-bond donors (Lipinski definition) is 0. The predicted molar refractivity (Wildman–Crippen MR) is 63.3 cm³/mol. The lowest BCUT2D eigenvalue weighted by atomic mass is 10.1. The summed E-state index contributed by atoms with van der Waals surface area (Å²) in [5, 5.41) is 0. The van der Waals surface area contributed by atoms with Crippen LogP contribution in [0.1, 0.15) is 22.5 Å². The Morgan fingerprint density at radius 1 is 1.00 bits per heavy atom. The number of carbonyl (C=O) groups excluding carboxylic acids is 1. The summed E-state index contributed by atoms with van der Waals surface area (Å²) in [5.41, 5.74) is 1.74. The summed E-state index contributed by atoms with van der Waals surface area (Å²) in [6, 6.07) is 15.1. The molecule has 1 heterocycles. The maximum Gasteiger partial charge on any atom is 0.163 e. The fraction of sp³-hybridized carbons (Fsp3) is 0.143. The average Bonchev–Trinajstić information content (AvgIpc) is 2.38. The summed E-state index contributed by atoms with van der Waals surface area (Å²) < 4.78 is 0. The highest BCUT2D eigenvalue weighted by molar-refractivity contribution is 5.96. The quantitative estimate of drug-likeness (QED) is 0.728. The third-order valence-corrected chi connectivity index (χ3v) is 2.43. The van der Waals surface area contributed by atoms with Crippen molar-refractivity contribution in [1.82, 2.24) is 4.98 Å². The molecule has 0 fully saturated rings. The number of carbonyl (C=O) groups is 1. The Morgan fingerprint density at radius 2 is 1.75 bits per heavy atom. The highest BCUT2D eigenvalue weighted by Gasteiger charge is 2.05. The van der Waals surface area contributed by atoms with Crippen LogP contribution in [-0.4, -0.2) is 10.8 Å². The lowest BCUT2D eigenvalue weighted by molar-refractivity contribution is 0.0982. The van der Waals surface area contributed by atoms with Crippen molar-refractivity contribution in [2.75, 3.05) is 0 Å². The van der Waals surface area contributed by atoms with E-state index in [1.807, 2.05) is 48.5 Å². The summed E-state index contributed by atoms with van der Waals surface area (Å²) in [4.78, 5) is 16.0. The van der Waals surface area contributed by atoms with E-state index < -0.39 is 0 Å². The zero-order chi connectivity index (χ0) is 11.2. The maximum atomic E-state index is 11.8. The molecule has 0 aliphatic rings. The van der Waals surface area contributed by atoms with Gasteiger partial charge in [-0.3, -0.25) is 9.78 Å². The van der Waals surface area contributed by atoms with Gasteiger partial charge < -0.3 is 0 Å². The topological polar surface area (TPSA) is 30.0 Å². The van der Waals surface area contributed by atoms with Crippen molar-refractivity contribution >= 4 is 5.78 Å². The van der Waals surface area contributed by atoms with E-state index in [2.05, 4.69) is 4.98 Å². The third kappa shape index (κ3) is 2.76. The van der Waals surface area contributed by atoms with Gasteiger partial charge in [0.05, 0.1) is 0 Å². The van der Waals surface area contributed by atoms with Crippen LogP contribution < -0.4 is 0 Å². The number of aromatic nitrogens is 1. The largest absolute Gasteiger partial charge is 0.294 e. The zero-order valence-electron chi connectivity index (χ0n) is 8.97. The van der Waals surface area contributed by atoms with E-state index in [-0.39, 0.29) is 5.78 Å². The van der Waals surface area contributed by atoms with Crippen molar-refractivity contribution in [3.8, 4) is 0 Å². The Bertz CT molecular complexity index is 451. The first-order chi connectivity index (χ1) is 7.86. The Labute approximate surface area is 95.0 Å². The van der Waals surface area contributed by atoms with Gasteiger partial charge in [-0.2, -0.15) is 0 Å². The standard InChI is InChI=1S/C14H13NO/c16-14(12-6-2-1-3-7-12)10-9-13-8-4-5-11-15-13/h1-8,11H,9-10H2. The predicted octanol–water partition coefficient (Wildman–Crippen LogP) is 2.90. The minimum Gasteiger partial charge on any atom is -0.294 e. The van der Waals surface area contributed by atoms with Gasteiger partial charge >= 0.3 is 0 Å². The zero-order valence-corrected chi connectivity index (χ0v) is 8.97. The fourth-order valence-corrected chi connectivity index (χ4v) is 1.56. The van der Waals surface area contributed by atoms with Gasteiger partial charge in [-0.1, -0.05) is 36.4 Å². The van der Waals surface area contributed by atoms with Gasteiger partial charge in [0.15, 0.2) is 5.78 Å². The average molecular weight is 211 g/mol. The molecule has 80 valence electrons. The number of nitrogens with zero attached hydrogens (tertiary/aromatic N) is 1. The second-order valence-electron chi connectivity index (χ2n) is 3.61. The van der Waals surface area contributed by atoms with Crippen molar-refractivity contribution in [3.05, 3.63) is 66.0 Å². The van der Waals surface area contributed by atoms with Crippen LogP contribution in [0.4, 0.5) is 0 Å². The molecule has 0 aliphatic carbocycles. The molecule has 0 atom stereocenters. The van der Waals surface area contributed by atoms with E-state index in [4.69, 9.17) is 0 Å². The smallest absolute Gasteiger partial charge is 0.163 e. The summed E-state index contributed by atoms with van der Waals surface area (Å²) in [7, 11) is 0. The van der Waals surface area contributed by atoms with E-state index in [1.165, 1.54) is 0 Å². The van der Waals surface area contributed by atoms with Gasteiger partial charge in [0.2, 0.25) is 0 Å². The molecule has 1 aromatic carbocycles. The number of rotatable bonds is 4. The molecule has 2 aromatic rings. The number of aryl methyl sites for hydroxylation is 1. The highest BCUT2D eigenvalue weighted by atomic mass is 16.1. The Kier molecular flexibility index (Phi) is 3.44. The van der Waals surface area contributed by atoms with Crippen LogP contribution in [0.2, 0.25) is 0 Å². The van der Waals surface area contributed by atoms with E-state index >= 15 is 0 Å². The Balaban J connectivity index is 1.95. The van der Waals surface area contributed by atoms with E-state index in [0.717, 1.165) is 11.3 Å². The molecule has 0 radical (unpaired) electrons. The number of Topliss-reactive ketones (excluding diaryl/α,β-unsaturated/α-hetero) is 1. The van der Waals surface area contributed by atoms with Gasteiger partial charge in [-0.05, 0) is 18.6 Å². The number of pyridine rings is 1. The van der Waals surface area contributed by atoms with Gasteiger partial charge in [0.25, 0.3) is 0 Å². The van der Waals surface area contributed by atoms with Crippen LogP contribution in [0, 0.1) is 0 Å².